The number of fused-ring (bicyclic) bond motifs is 2. The summed E-state index contributed by atoms with van der Waals surface area (Å²) in [7, 11) is -3.23. The zero-order valence-corrected chi connectivity index (χ0v) is 18.8. The van der Waals surface area contributed by atoms with Gasteiger partial charge in [-0.3, -0.25) is 4.90 Å². The zero-order valence-electron chi connectivity index (χ0n) is 18.0. The standard InChI is InChI=1S/C20H15F6N5O4S/c1-27-36(33,34)29-14-6-30-15(20(14,25)26)7-31(19(30)32)18-17-10(2-8(21)5-13(17)35-28-18)16-11(23)3-9(22)4-12(16)24/h2-5,14-15,27,29H,6-7H2,1H3/t14-,15-/m1/s1. The van der Waals surface area contributed by atoms with E-state index < -0.39 is 87.5 Å². The minimum atomic E-state index is -4.25. The van der Waals surface area contributed by atoms with Crippen LogP contribution in [0.15, 0.2) is 28.8 Å². The summed E-state index contributed by atoms with van der Waals surface area (Å²) < 4.78 is 119. The van der Waals surface area contributed by atoms with Gasteiger partial charge >= 0.3 is 6.03 Å². The van der Waals surface area contributed by atoms with Crippen LogP contribution in [0.5, 0.6) is 0 Å². The van der Waals surface area contributed by atoms with Crippen LogP contribution >= 0.6 is 0 Å². The molecule has 3 heterocycles. The molecule has 0 radical (unpaired) electrons. The first-order chi connectivity index (χ1) is 16.8. The van der Waals surface area contributed by atoms with Crippen LogP contribution in [0.1, 0.15) is 0 Å². The number of carbonyl (C=O) groups excluding carboxylic acids is 1. The molecule has 5 rings (SSSR count). The van der Waals surface area contributed by atoms with Gasteiger partial charge in [-0.25, -0.2) is 35.9 Å². The topological polar surface area (TPSA) is 108 Å². The fourth-order valence-electron chi connectivity index (χ4n) is 4.47. The number of anilines is 1. The van der Waals surface area contributed by atoms with Gasteiger partial charge in [0.15, 0.2) is 11.4 Å². The summed E-state index contributed by atoms with van der Waals surface area (Å²) in [6, 6.07) is -2.47. The number of carbonyl (C=O) groups is 1. The fourth-order valence-corrected chi connectivity index (χ4v) is 5.19. The number of benzene rings is 2. The molecule has 2 atom stereocenters. The molecule has 2 aliphatic heterocycles. The second kappa shape index (κ2) is 8.07. The van der Waals surface area contributed by atoms with Crippen LogP contribution in [-0.4, -0.2) is 62.6 Å². The van der Waals surface area contributed by atoms with Crippen molar-refractivity contribution < 1.29 is 44.1 Å². The van der Waals surface area contributed by atoms with E-state index in [0.29, 0.717) is 18.2 Å². The summed E-state index contributed by atoms with van der Waals surface area (Å²) in [6.07, 6.45) is 0. The molecule has 2 saturated heterocycles. The second-order valence-corrected chi connectivity index (χ2v) is 9.84. The lowest BCUT2D eigenvalue weighted by Crippen LogP contribution is -2.53. The Hall–Kier alpha value is -3.37. The van der Waals surface area contributed by atoms with Crippen LogP contribution in [0.3, 0.4) is 0 Å². The van der Waals surface area contributed by atoms with Gasteiger partial charge in [0.05, 0.1) is 17.5 Å². The van der Waals surface area contributed by atoms with E-state index in [0.717, 1.165) is 22.9 Å². The summed E-state index contributed by atoms with van der Waals surface area (Å²) in [5, 5.41) is 3.38. The van der Waals surface area contributed by atoms with Crippen LogP contribution in [0.4, 0.5) is 37.0 Å². The van der Waals surface area contributed by atoms with E-state index in [2.05, 4.69) is 5.16 Å². The summed E-state index contributed by atoms with van der Waals surface area (Å²) in [4.78, 5) is 14.5. The average molecular weight is 535 g/mol. The Balaban J connectivity index is 1.58. The minimum Gasteiger partial charge on any atom is -0.354 e. The highest BCUT2D eigenvalue weighted by Crippen LogP contribution is 2.44. The average Bonchev–Trinajstić information content (AvgIpc) is 3.40. The molecular formula is C20H15F6N5O4S. The Morgan fingerprint density at radius 2 is 1.69 bits per heavy atom. The van der Waals surface area contributed by atoms with Gasteiger partial charge in [0.25, 0.3) is 16.1 Å². The highest BCUT2D eigenvalue weighted by Gasteiger charge is 2.63. The predicted octanol–water partition coefficient (Wildman–Crippen LogP) is 2.73. The van der Waals surface area contributed by atoms with Crippen molar-refractivity contribution in [2.45, 2.75) is 18.0 Å². The lowest BCUT2D eigenvalue weighted by Gasteiger charge is -2.23. The molecule has 0 spiro atoms. The number of nitrogens with zero attached hydrogens (tertiary/aromatic N) is 3. The quantitative estimate of drug-likeness (QED) is 0.489. The Morgan fingerprint density at radius 1 is 1.06 bits per heavy atom. The van der Waals surface area contributed by atoms with Crippen LogP contribution < -0.4 is 14.3 Å². The number of halogens is 6. The predicted molar refractivity (Wildman–Crippen MR) is 112 cm³/mol. The molecular weight excluding hydrogens is 520 g/mol. The van der Waals surface area contributed by atoms with Crippen molar-refractivity contribution in [1.29, 1.82) is 0 Å². The van der Waals surface area contributed by atoms with Crippen molar-refractivity contribution in [3.05, 3.63) is 47.5 Å². The fraction of sp³-hybridized carbons (Fsp3) is 0.300. The molecule has 2 amide bonds. The van der Waals surface area contributed by atoms with Gasteiger partial charge in [-0.1, -0.05) is 5.16 Å². The third-order valence-corrected chi connectivity index (χ3v) is 7.25. The van der Waals surface area contributed by atoms with Gasteiger partial charge in [0, 0.05) is 37.4 Å². The molecule has 0 bridgehead atoms. The third kappa shape index (κ3) is 3.67. The Bertz CT molecular complexity index is 1490. The first-order valence-electron chi connectivity index (χ1n) is 10.2. The number of hydrogen-bond donors (Lipinski definition) is 2. The molecule has 36 heavy (non-hydrogen) atoms. The third-order valence-electron chi connectivity index (χ3n) is 6.12. The largest absolute Gasteiger partial charge is 0.354 e. The van der Waals surface area contributed by atoms with E-state index in [9.17, 15) is 30.8 Å². The number of aromatic nitrogens is 1. The SMILES string of the molecule is CNS(=O)(=O)N[C@@H]1CN2C(=O)N(c3noc4cc(F)cc(-c5c(F)cc(F)cc5F)c34)C[C@@H]2C1(F)F. The lowest BCUT2D eigenvalue weighted by molar-refractivity contribution is -0.0325. The summed E-state index contributed by atoms with van der Waals surface area (Å²) in [5.74, 6) is -9.13. The molecule has 9 nitrogen and oxygen atoms in total. The number of nitrogens with one attached hydrogen (secondary N) is 2. The molecule has 0 saturated carbocycles. The summed E-state index contributed by atoms with van der Waals surface area (Å²) in [6.45, 7) is -1.39. The molecule has 0 unspecified atom stereocenters. The number of alkyl halides is 2. The normalized spacial score (nSPS) is 21.6. The van der Waals surface area contributed by atoms with Crippen molar-refractivity contribution in [3.8, 4) is 11.1 Å². The summed E-state index contributed by atoms with van der Waals surface area (Å²) >= 11 is 0. The molecule has 2 aliphatic rings. The van der Waals surface area contributed by atoms with Gasteiger partial charge in [-0.05, 0) is 6.07 Å². The second-order valence-electron chi connectivity index (χ2n) is 8.19. The molecule has 192 valence electrons. The number of hydrogen-bond acceptors (Lipinski definition) is 5. The lowest BCUT2D eigenvalue weighted by atomic mass is 9.99. The monoisotopic (exact) mass is 535 g/mol. The Kier molecular flexibility index (Phi) is 5.46. The molecule has 3 aromatic rings. The number of rotatable bonds is 5. The minimum absolute atomic E-state index is 0.272. The van der Waals surface area contributed by atoms with Crippen molar-refractivity contribution >= 4 is 33.0 Å². The summed E-state index contributed by atoms with van der Waals surface area (Å²) in [5.41, 5.74) is -1.68. The maximum absolute atomic E-state index is 15.1. The molecule has 1 aromatic heterocycles. The maximum Gasteiger partial charge on any atom is 0.326 e. The highest BCUT2D eigenvalue weighted by atomic mass is 32.2. The smallest absolute Gasteiger partial charge is 0.326 e. The molecule has 2 aromatic carbocycles. The Labute approximate surface area is 198 Å². The van der Waals surface area contributed by atoms with Crippen LogP contribution in [-0.2, 0) is 10.2 Å². The number of amides is 2. The van der Waals surface area contributed by atoms with E-state index in [1.165, 1.54) is 0 Å². The van der Waals surface area contributed by atoms with Crippen LogP contribution in [0.2, 0.25) is 0 Å². The number of urea groups is 1. The Morgan fingerprint density at radius 3 is 2.31 bits per heavy atom. The van der Waals surface area contributed by atoms with Gasteiger partial charge in [-0.2, -0.15) is 13.1 Å². The van der Waals surface area contributed by atoms with Crippen molar-refractivity contribution in [1.82, 2.24) is 19.5 Å². The molecule has 2 N–H and O–H groups in total. The van der Waals surface area contributed by atoms with Crippen LogP contribution in [0, 0.1) is 23.3 Å². The zero-order chi connectivity index (χ0) is 26.2. The maximum atomic E-state index is 15.1. The van der Waals surface area contributed by atoms with Gasteiger partial charge < -0.3 is 9.42 Å². The molecule has 2 fully saturated rings. The van der Waals surface area contributed by atoms with E-state index in [1.807, 2.05) is 4.72 Å². The van der Waals surface area contributed by atoms with Gasteiger partial charge in [0.1, 0.15) is 35.4 Å². The first kappa shape index (κ1) is 24.3. The van der Waals surface area contributed by atoms with Gasteiger partial charge in [0.2, 0.25) is 0 Å². The van der Waals surface area contributed by atoms with Crippen molar-refractivity contribution in [3.63, 3.8) is 0 Å². The first-order valence-corrected chi connectivity index (χ1v) is 11.7. The van der Waals surface area contributed by atoms with Gasteiger partial charge in [-0.15, -0.1) is 0 Å². The van der Waals surface area contributed by atoms with Crippen molar-refractivity contribution in [2.75, 3.05) is 25.0 Å². The van der Waals surface area contributed by atoms with Crippen LogP contribution in [0.25, 0.3) is 22.1 Å². The molecule has 16 heteroatoms. The van der Waals surface area contributed by atoms with E-state index >= 15 is 8.78 Å². The van der Waals surface area contributed by atoms with Crippen molar-refractivity contribution in [2.24, 2.45) is 0 Å². The highest BCUT2D eigenvalue weighted by molar-refractivity contribution is 7.87. The molecule has 0 aliphatic carbocycles. The van der Waals surface area contributed by atoms with E-state index in [-0.39, 0.29) is 11.0 Å². The van der Waals surface area contributed by atoms with E-state index in [1.54, 1.807) is 4.72 Å². The van der Waals surface area contributed by atoms with E-state index in [4.69, 9.17) is 4.52 Å².